The minimum Gasteiger partial charge on any atom is -0.393 e. The lowest BCUT2D eigenvalue weighted by Gasteiger charge is -2.41. The SMILES string of the molecule is CCCCC/C=C\C/C=C\CCCCCCCC(O)CC(=O)NC(COP(=O)(O)OC1C(O)C(O)C(O)C(O)C1O)C(O)/C=C/CC/C=C/CC/C=C/CCCCCCC. The summed E-state index contributed by atoms with van der Waals surface area (Å²) in [5.74, 6) is -0.619. The standard InChI is InChI=1S/C46H82NO12P/c1-3-5-7-9-11-13-15-17-19-21-23-25-27-29-31-33-37(48)35-40(50)47-38(36-58-60(56,57)59-46-44(54)42(52)41(51)43(53)45(46)55)39(49)34-32-30-28-26-24-22-20-18-16-14-12-10-8-6-4-2/h11,13,16-19,24,26,32,34,37-39,41-46,48-49,51-55H,3-10,12,14-15,20-23,25,27-31,33,35-36H2,1-2H3,(H,47,50)(H,56,57)/b13-11-,18-16+,19-17-,26-24+,34-32+. The Hall–Kier alpha value is -2.00. The number of rotatable bonds is 36. The summed E-state index contributed by atoms with van der Waals surface area (Å²) in [6.45, 7) is 3.66. The molecule has 348 valence electrons. The zero-order chi connectivity index (χ0) is 44.4. The van der Waals surface area contributed by atoms with E-state index in [1.807, 2.05) is 6.08 Å². The van der Waals surface area contributed by atoms with Crippen molar-refractivity contribution in [3.05, 3.63) is 60.8 Å². The van der Waals surface area contributed by atoms with Crippen molar-refractivity contribution in [3.63, 3.8) is 0 Å². The number of amides is 1. The van der Waals surface area contributed by atoms with Gasteiger partial charge in [-0.3, -0.25) is 13.8 Å². The molecule has 14 heteroatoms. The third kappa shape index (κ3) is 27.1. The number of aliphatic hydroxyl groups excluding tert-OH is 7. The second-order valence-electron chi connectivity index (χ2n) is 16.1. The fraction of sp³-hybridized carbons (Fsp3) is 0.761. The van der Waals surface area contributed by atoms with Gasteiger partial charge in [0.15, 0.2) is 0 Å². The summed E-state index contributed by atoms with van der Waals surface area (Å²) in [7, 11) is -5.16. The van der Waals surface area contributed by atoms with E-state index in [0.29, 0.717) is 19.3 Å². The van der Waals surface area contributed by atoms with Gasteiger partial charge in [0, 0.05) is 0 Å². The lowest BCUT2D eigenvalue weighted by molar-refractivity contribution is -0.220. The van der Waals surface area contributed by atoms with Crippen LogP contribution in [0.1, 0.15) is 162 Å². The first-order valence-corrected chi connectivity index (χ1v) is 24.3. The number of aliphatic hydroxyl groups is 7. The van der Waals surface area contributed by atoms with Crippen molar-refractivity contribution in [1.82, 2.24) is 5.32 Å². The molecule has 1 amide bonds. The van der Waals surface area contributed by atoms with Gasteiger partial charge in [0.1, 0.15) is 36.6 Å². The maximum Gasteiger partial charge on any atom is 0.472 e. The Balaban J connectivity index is 2.62. The van der Waals surface area contributed by atoms with E-state index in [0.717, 1.165) is 70.6 Å². The van der Waals surface area contributed by atoms with E-state index < -0.39 is 75.2 Å². The average Bonchev–Trinajstić information content (AvgIpc) is 3.22. The molecule has 8 unspecified atom stereocenters. The van der Waals surface area contributed by atoms with Crippen LogP contribution in [-0.4, -0.2) is 108 Å². The van der Waals surface area contributed by atoms with Crippen molar-refractivity contribution in [2.45, 2.75) is 216 Å². The second kappa shape index (κ2) is 35.5. The van der Waals surface area contributed by atoms with Gasteiger partial charge in [0.05, 0.1) is 31.3 Å². The summed E-state index contributed by atoms with van der Waals surface area (Å²) in [5.41, 5.74) is 0. The number of phosphoric acid groups is 1. The molecule has 0 spiro atoms. The topological polar surface area (TPSA) is 226 Å². The number of nitrogens with one attached hydrogen (secondary N) is 1. The molecule has 1 saturated carbocycles. The Morgan fingerprint density at radius 1 is 0.600 bits per heavy atom. The molecule has 60 heavy (non-hydrogen) atoms. The summed E-state index contributed by atoms with van der Waals surface area (Å²) < 4.78 is 22.8. The minimum absolute atomic E-state index is 0.268. The van der Waals surface area contributed by atoms with Gasteiger partial charge < -0.3 is 46.0 Å². The Labute approximate surface area is 361 Å². The molecule has 1 fully saturated rings. The van der Waals surface area contributed by atoms with Crippen molar-refractivity contribution in [2.24, 2.45) is 0 Å². The second-order valence-corrected chi connectivity index (χ2v) is 17.5. The molecule has 0 aromatic carbocycles. The summed E-state index contributed by atoms with van der Waals surface area (Å²) in [4.78, 5) is 23.4. The Bertz CT molecular complexity index is 1260. The van der Waals surface area contributed by atoms with E-state index in [-0.39, 0.29) is 6.42 Å². The molecule has 0 bridgehead atoms. The van der Waals surface area contributed by atoms with Gasteiger partial charge in [-0.05, 0) is 77.0 Å². The highest BCUT2D eigenvalue weighted by Crippen LogP contribution is 2.47. The summed E-state index contributed by atoms with van der Waals surface area (Å²) in [5, 5.41) is 74.4. The Kier molecular flexibility index (Phi) is 33.1. The zero-order valence-corrected chi connectivity index (χ0v) is 37.5. The van der Waals surface area contributed by atoms with Gasteiger partial charge in [-0.1, -0.05) is 139 Å². The highest BCUT2D eigenvalue weighted by Gasteiger charge is 2.51. The maximum absolute atomic E-state index is 13.0. The fourth-order valence-electron chi connectivity index (χ4n) is 6.77. The molecule has 8 atom stereocenters. The Morgan fingerprint density at radius 2 is 1.03 bits per heavy atom. The molecule has 0 aromatic rings. The number of unbranched alkanes of at least 4 members (excludes halogenated alkanes) is 15. The molecule has 0 heterocycles. The van der Waals surface area contributed by atoms with Crippen LogP contribution in [0.3, 0.4) is 0 Å². The molecule has 1 rings (SSSR count). The van der Waals surface area contributed by atoms with E-state index in [2.05, 4.69) is 61.7 Å². The number of carbonyl (C=O) groups is 1. The first-order valence-electron chi connectivity index (χ1n) is 22.8. The average molecular weight is 872 g/mol. The molecule has 0 radical (unpaired) electrons. The third-order valence-electron chi connectivity index (χ3n) is 10.6. The van der Waals surface area contributed by atoms with E-state index in [9.17, 15) is 50.0 Å². The van der Waals surface area contributed by atoms with Crippen LogP contribution in [0.4, 0.5) is 0 Å². The van der Waals surface area contributed by atoms with Crippen molar-refractivity contribution in [3.8, 4) is 0 Å². The molecular formula is C46H82NO12P. The fourth-order valence-corrected chi connectivity index (χ4v) is 7.74. The van der Waals surface area contributed by atoms with Crippen LogP contribution < -0.4 is 5.32 Å². The van der Waals surface area contributed by atoms with Gasteiger partial charge in [-0.25, -0.2) is 4.57 Å². The zero-order valence-electron chi connectivity index (χ0n) is 36.6. The molecule has 13 nitrogen and oxygen atoms in total. The van der Waals surface area contributed by atoms with E-state index in [1.165, 1.54) is 57.4 Å². The van der Waals surface area contributed by atoms with Crippen molar-refractivity contribution < 1.29 is 59.0 Å². The number of hydrogen-bond donors (Lipinski definition) is 9. The number of phosphoric ester groups is 1. The van der Waals surface area contributed by atoms with Gasteiger partial charge in [-0.15, -0.1) is 0 Å². The van der Waals surface area contributed by atoms with Gasteiger partial charge in [0.25, 0.3) is 0 Å². The largest absolute Gasteiger partial charge is 0.472 e. The van der Waals surface area contributed by atoms with Crippen molar-refractivity contribution in [2.75, 3.05) is 6.61 Å². The monoisotopic (exact) mass is 872 g/mol. The number of hydrogen-bond acceptors (Lipinski definition) is 11. The van der Waals surface area contributed by atoms with Gasteiger partial charge in [-0.2, -0.15) is 0 Å². The molecule has 0 saturated heterocycles. The summed E-state index contributed by atoms with van der Waals surface area (Å²) in [6.07, 6.45) is 28.8. The third-order valence-corrected chi connectivity index (χ3v) is 11.5. The van der Waals surface area contributed by atoms with Crippen LogP contribution in [0.25, 0.3) is 0 Å². The van der Waals surface area contributed by atoms with E-state index in [1.54, 1.807) is 6.08 Å². The predicted molar refractivity (Wildman–Crippen MR) is 238 cm³/mol. The first kappa shape index (κ1) is 56.0. The highest BCUT2D eigenvalue weighted by molar-refractivity contribution is 7.47. The number of allylic oxidation sites excluding steroid dienone is 9. The molecule has 0 aromatic heterocycles. The van der Waals surface area contributed by atoms with Crippen LogP contribution in [0.2, 0.25) is 0 Å². The van der Waals surface area contributed by atoms with Gasteiger partial charge in [0.2, 0.25) is 5.91 Å². The highest BCUT2D eigenvalue weighted by atomic mass is 31.2. The molecule has 0 aliphatic heterocycles. The normalized spacial score (nSPS) is 24.0. The van der Waals surface area contributed by atoms with Crippen LogP contribution in [-0.2, 0) is 18.4 Å². The van der Waals surface area contributed by atoms with Crippen molar-refractivity contribution in [1.29, 1.82) is 0 Å². The lowest BCUT2D eigenvalue weighted by Crippen LogP contribution is -2.64. The summed E-state index contributed by atoms with van der Waals surface area (Å²) in [6, 6.07) is -1.27. The van der Waals surface area contributed by atoms with Crippen LogP contribution in [0, 0.1) is 0 Å². The predicted octanol–water partition coefficient (Wildman–Crippen LogP) is 7.31. The first-order chi connectivity index (χ1) is 28.8. The maximum atomic E-state index is 13.0. The van der Waals surface area contributed by atoms with E-state index >= 15 is 0 Å². The quantitative estimate of drug-likeness (QED) is 0.0172. The molecular weight excluding hydrogens is 789 g/mol. The lowest BCUT2D eigenvalue weighted by atomic mass is 9.85. The molecule has 1 aliphatic carbocycles. The molecule has 1 aliphatic rings. The number of carbonyl (C=O) groups excluding carboxylic acids is 1. The summed E-state index contributed by atoms with van der Waals surface area (Å²) >= 11 is 0. The van der Waals surface area contributed by atoms with E-state index in [4.69, 9.17) is 9.05 Å². The Morgan fingerprint density at radius 3 is 1.60 bits per heavy atom. The van der Waals surface area contributed by atoms with Crippen LogP contribution in [0.15, 0.2) is 60.8 Å². The van der Waals surface area contributed by atoms with Crippen LogP contribution >= 0.6 is 7.82 Å². The molecule has 9 N–H and O–H groups in total. The van der Waals surface area contributed by atoms with Crippen molar-refractivity contribution >= 4 is 13.7 Å². The minimum atomic E-state index is -5.16. The van der Waals surface area contributed by atoms with Gasteiger partial charge >= 0.3 is 7.82 Å². The smallest absolute Gasteiger partial charge is 0.393 e. The van der Waals surface area contributed by atoms with Crippen LogP contribution in [0.5, 0.6) is 0 Å².